The predicted octanol–water partition coefficient (Wildman–Crippen LogP) is 2.01. The Hall–Kier alpha value is -2.57. The summed E-state index contributed by atoms with van der Waals surface area (Å²) in [5.74, 6) is -0.765. The highest BCUT2D eigenvalue weighted by Gasteiger charge is 2.56. The molecule has 2 aliphatic heterocycles. The van der Waals surface area contributed by atoms with Gasteiger partial charge >= 0.3 is 12.2 Å². The Morgan fingerprint density at radius 1 is 1.21 bits per heavy atom. The predicted molar refractivity (Wildman–Crippen MR) is 83.9 cm³/mol. The average Bonchev–Trinajstić information content (AvgIpc) is 3.13. The number of amides is 3. The van der Waals surface area contributed by atoms with Gasteiger partial charge in [0.1, 0.15) is 6.61 Å². The van der Waals surface area contributed by atoms with E-state index in [9.17, 15) is 14.4 Å². The number of fused-ring (bicyclic) bond motifs is 1. The van der Waals surface area contributed by atoms with Crippen molar-refractivity contribution in [2.75, 3.05) is 13.7 Å². The topological polar surface area (TPSA) is 76.2 Å². The van der Waals surface area contributed by atoms with Crippen LogP contribution < -0.4 is 0 Å². The number of methoxy groups -OCH3 is 1. The third kappa shape index (κ3) is 2.70. The molecular formula is C17H20N2O5. The number of nitrogens with zero attached hydrogens (tertiary/aromatic N) is 2. The minimum absolute atomic E-state index is 0.177. The number of carbonyl (C=O) groups excluding carboxylic acids is 3. The maximum absolute atomic E-state index is 12.4. The molecule has 0 aliphatic carbocycles. The fourth-order valence-electron chi connectivity index (χ4n) is 3.55. The maximum Gasteiger partial charge on any atom is 0.416 e. The number of ether oxygens (including phenoxy) is 2. The zero-order chi connectivity index (χ0) is 17.3. The van der Waals surface area contributed by atoms with Crippen LogP contribution in [-0.2, 0) is 20.9 Å². The fraction of sp³-hybridized carbons (Fsp3) is 0.471. The summed E-state index contributed by atoms with van der Waals surface area (Å²) in [5, 5.41) is 0. The Morgan fingerprint density at radius 2 is 1.92 bits per heavy atom. The van der Waals surface area contributed by atoms with Gasteiger partial charge in [-0.15, -0.1) is 0 Å². The molecule has 24 heavy (non-hydrogen) atoms. The van der Waals surface area contributed by atoms with Crippen molar-refractivity contribution in [1.29, 1.82) is 0 Å². The molecule has 0 N–H and O–H groups in total. The molecular weight excluding hydrogens is 312 g/mol. The van der Waals surface area contributed by atoms with Crippen LogP contribution >= 0.6 is 0 Å². The number of hydrogen-bond acceptors (Lipinski definition) is 5. The molecule has 128 valence electrons. The van der Waals surface area contributed by atoms with E-state index in [-0.39, 0.29) is 24.6 Å². The van der Waals surface area contributed by atoms with Gasteiger partial charge in [0.05, 0.1) is 25.1 Å². The van der Waals surface area contributed by atoms with Gasteiger partial charge in [-0.3, -0.25) is 4.79 Å². The Kier molecular flexibility index (Phi) is 4.42. The molecule has 7 heteroatoms. The Labute approximate surface area is 140 Å². The van der Waals surface area contributed by atoms with Gasteiger partial charge in [0.15, 0.2) is 0 Å². The quantitative estimate of drug-likeness (QED) is 0.828. The Morgan fingerprint density at radius 3 is 2.58 bits per heavy atom. The van der Waals surface area contributed by atoms with Crippen LogP contribution in [0.3, 0.4) is 0 Å². The molecule has 2 fully saturated rings. The SMILES string of the molecule is COC(=O)N1C(=O)[C@H](C)[C@@H]2[C@@H]1CCN2C(=O)OCc1ccccc1. The molecule has 3 atom stereocenters. The molecule has 0 unspecified atom stereocenters. The van der Waals surface area contributed by atoms with Crippen LogP contribution in [0.15, 0.2) is 30.3 Å². The highest BCUT2D eigenvalue weighted by atomic mass is 16.6. The second kappa shape index (κ2) is 6.51. The first kappa shape index (κ1) is 16.3. The number of carbonyl (C=O) groups is 3. The lowest BCUT2D eigenvalue weighted by Gasteiger charge is -2.25. The molecule has 0 spiro atoms. The number of hydrogen-bond donors (Lipinski definition) is 0. The molecule has 0 aromatic heterocycles. The number of likely N-dealkylation sites (tertiary alicyclic amines) is 2. The molecule has 1 aromatic carbocycles. The molecule has 2 saturated heterocycles. The molecule has 7 nitrogen and oxygen atoms in total. The summed E-state index contributed by atoms with van der Waals surface area (Å²) < 4.78 is 10.1. The molecule has 3 amide bonds. The number of benzene rings is 1. The number of imide groups is 1. The first-order valence-electron chi connectivity index (χ1n) is 7.93. The van der Waals surface area contributed by atoms with Crippen molar-refractivity contribution in [3.63, 3.8) is 0 Å². The fourth-order valence-corrected chi connectivity index (χ4v) is 3.55. The van der Waals surface area contributed by atoms with Gasteiger partial charge in [0, 0.05) is 6.54 Å². The van der Waals surface area contributed by atoms with E-state index in [1.165, 1.54) is 7.11 Å². The van der Waals surface area contributed by atoms with Crippen LogP contribution in [0.4, 0.5) is 9.59 Å². The summed E-state index contributed by atoms with van der Waals surface area (Å²) in [4.78, 5) is 39.3. The average molecular weight is 332 g/mol. The minimum Gasteiger partial charge on any atom is -0.452 e. The highest BCUT2D eigenvalue weighted by molar-refractivity contribution is 5.96. The minimum atomic E-state index is -0.668. The summed E-state index contributed by atoms with van der Waals surface area (Å²) in [6.45, 7) is 2.36. The smallest absolute Gasteiger partial charge is 0.416 e. The van der Waals surface area contributed by atoms with Crippen molar-refractivity contribution < 1.29 is 23.9 Å². The largest absolute Gasteiger partial charge is 0.452 e. The van der Waals surface area contributed by atoms with Crippen LogP contribution in [-0.4, -0.2) is 53.6 Å². The van der Waals surface area contributed by atoms with E-state index in [1.807, 2.05) is 30.3 Å². The van der Waals surface area contributed by atoms with Crippen molar-refractivity contribution >= 4 is 18.1 Å². The van der Waals surface area contributed by atoms with E-state index < -0.39 is 18.1 Å². The second-order valence-electron chi connectivity index (χ2n) is 6.05. The Balaban J connectivity index is 1.69. The van der Waals surface area contributed by atoms with E-state index >= 15 is 0 Å². The van der Waals surface area contributed by atoms with Crippen LogP contribution in [0.5, 0.6) is 0 Å². The van der Waals surface area contributed by atoms with Gasteiger partial charge in [-0.2, -0.15) is 0 Å². The van der Waals surface area contributed by atoms with Gasteiger partial charge in [-0.1, -0.05) is 37.3 Å². The van der Waals surface area contributed by atoms with Gasteiger partial charge in [0.2, 0.25) is 5.91 Å². The van der Waals surface area contributed by atoms with Crippen molar-refractivity contribution in [2.45, 2.75) is 32.0 Å². The van der Waals surface area contributed by atoms with Gasteiger partial charge in [-0.05, 0) is 12.0 Å². The van der Waals surface area contributed by atoms with Crippen LogP contribution in [0.1, 0.15) is 18.9 Å². The molecule has 2 aliphatic rings. The lowest BCUT2D eigenvalue weighted by molar-refractivity contribution is -0.130. The first-order valence-corrected chi connectivity index (χ1v) is 7.93. The van der Waals surface area contributed by atoms with Crippen LogP contribution in [0, 0.1) is 5.92 Å². The van der Waals surface area contributed by atoms with Crippen molar-refractivity contribution in [3.8, 4) is 0 Å². The van der Waals surface area contributed by atoms with E-state index in [0.717, 1.165) is 10.5 Å². The molecule has 0 saturated carbocycles. The van der Waals surface area contributed by atoms with E-state index in [0.29, 0.717) is 13.0 Å². The van der Waals surface area contributed by atoms with Crippen molar-refractivity contribution in [3.05, 3.63) is 35.9 Å². The van der Waals surface area contributed by atoms with E-state index in [4.69, 9.17) is 9.47 Å². The van der Waals surface area contributed by atoms with Gasteiger partial charge < -0.3 is 14.4 Å². The second-order valence-corrected chi connectivity index (χ2v) is 6.05. The Bertz CT molecular complexity index is 648. The molecule has 2 heterocycles. The monoisotopic (exact) mass is 332 g/mol. The lowest BCUT2D eigenvalue weighted by Crippen LogP contribution is -2.43. The molecule has 0 radical (unpaired) electrons. The summed E-state index contributed by atoms with van der Waals surface area (Å²) in [6, 6.07) is 8.69. The third-order valence-electron chi connectivity index (χ3n) is 4.70. The summed E-state index contributed by atoms with van der Waals surface area (Å²) in [6.07, 6.45) is -0.590. The van der Waals surface area contributed by atoms with Crippen molar-refractivity contribution in [1.82, 2.24) is 9.80 Å². The van der Waals surface area contributed by atoms with Crippen molar-refractivity contribution in [2.24, 2.45) is 5.92 Å². The van der Waals surface area contributed by atoms with E-state index in [1.54, 1.807) is 11.8 Å². The third-order valence-corrected chi connectivity index (χ3v) is 4.70. The van der Waals surface area contributed by atoms with E-state index in [2.05, 4.69) is 0 Å². The maximum atomic E-state index is 12.4. The normalized spacial score (nSPS) is 25.6. The highest BCUT2D eigenvalue weighted by Crippen LogP contribution is 2.37. The first-order chi connectivity index (χ1) is 11.5. The zero-order valence-corrected chi connectivity index (χ0v) is 13.7. The lowest BCUT2D eigenvalue weighted by atomic mass is 10.0. The van der Waals surface area contributed by atoms with Crippen LogP contribution in [0.25, 0.3) is 0 Å². The molecule has 3 rings (SSSR count). The van der Waals surface area contributed by atoms with Gasteiger partial charge in [-0.25, -0.2) is 14.5 Å². The van der Waals surface area contributed by atoms with Gasteiger partial charge in [0.25, 0.3) is 0 Å². The summed E-state index contributed by atoms with van der Waals surface area (Å²) in [7, 11) is 1.24. The number of rotatable bonds is 2. The standard InChI is InChI=1S/C17H20N2O5/c1-11-14-13(19(15(11)20)17(22)23-2)8-9-18(14)16(21)24-10-12-6-4-3-5-7-12/h3-7,11,13-14H,8-10H2,1-2H3/t11-,13+,14-/m1/s1. The summed E-state index contributed by atoms with van der Waals surface area (Å²) >= 11 is 0. The zero-order valence-electron chi connectivity index (χ0n) is 13.7. The molecule has 0 bridgehead atoms. The summed E-state index contributed by atoms with van der Waals surface area (Å²) in [5.41, 5.74) is 0.897. The molecule has 1 aromatic rings. The van der Waals surface area contributed by atoms with Crippen LogP contribution in [0.2, 0.25) is 0 Å².